The number of rotatable bonds is 8. The van der Waals surface area contributed by atoms with Crippen LogP contribution in [0.4, 0.5) is 9.93 Å². The Bertz CT molecular complexity index is 1450. The first-order valence-electron chi connectivity index (χ1n) is 11.1. The van der Waals surface area contributed by atoms with Crippen molar-refractivity contribution in [3.05, 3.63) is 45.5 Å². The van der Waals surface area contributed by atoms with Crippen molar-refractivity contribution in [2.75, 3.05) is 24.3 Å². The minimum absolute atomic E-state index is 0.0791. The zero-order chi connectivity index (χ0) is 28.7. The van der Waals surface area contributed by atoms with Gasteiger partial charge in [0.05, 0.1) is 6.20 Å². The summed E-state index contributed by atoms with van der Waals surface area (Å²) < 4.78 is 0. The van der Waals surface area contributed by atoms with Crippen molar-refractivity contribution in [1.82, 2.24) is 36.1 Å². The van der Waals surface area contributed by atoms with Crippen LogP contribution in [0, 0.1) is 0 Å². The van der Waals surface area contributed by atoms with E-state index in [0.717, 1.165) is 33.0 Å². The fourth-order valence-corrected chi connectivity index (χ4v) is 7.07. The molecule has 0 spiro atoms. The van der Waals surface area contributed by atoms with E-state index in [1.54, 1.807) is 0 Å². The fourth-order valence-electron chi connectivity index (χ4n) is 4.03. The number of anilines is 1. The van der Waals surface area contributed by atoms with Gasteiger partial charge in [0.1, 0.15) is 40.8 Å². The van der Waals surface area contributed by atoms with Crippen LogP contribution < -0.4 is 21.9 Å². The molecular weight excluding hydrogens is 590 g/mol. The summed E-state index contributed by atoms with van der Waals surface area (Å²) in [7, 11) is 1.24. The smallest absolute Gasteiger partial charge is 0.427 e. The number of fused-ring (bicyclic) bond motifs is 2. The van der Waals surface area contributed by atoms with Gasteiger partial charge in [0.25, 0.3) is 17.7 Å². The summed E-state index contributed by atoms with van der Waals surface area (Å²) in [5, 5.41) is 31.4. The molecule has 1 aromatic rings. The molecule has 5 heterocycles. The third-order valence-electron chi connectivity index (χ3n) is 5.73. The monoisotopic (exact) mass is 609 g/mol. The number of hydrogen-bond acceptors (Lipinski definition) is 14. The van der Waals surface area contributed by atoms with E-state index in [4.69, 9.17) is 10.6 Å². The van der Waals surface area contributed by atoms with E-state index in [1.165, 1.54) is 41.5 Å². The van der Waals surface area contributed by atoms with Crippen molar-refractivity contribution in [2.24, 2.45) is 5.16 Å². The number of aromatic nitrogens is 1. The lowest BCUT2D eigenvalue weighted by Crippen LogP contribution is -2.71. The lowest BCUT2D eigenvalue weighted by molar-refractivity contribution is -0.150. The number of thiazole rings is 1. The van der Waals surface area contributed by atoms with Crippen LogP contribution in [-0.4, -0.2) is 95.6 Å². The van der Waals surface area contributed by atoms with Gasteiger partial charge in [-0.05, 0) is 5.57 Å². The van der Waals surface area contributed by atoms with Crippen molar-refractivity contribution in [1.29, 1.82) is 0 Å². The van der Waals surface area contributed by atoms with Crippen LogP contribution >= 0.6 is 34.9 Å². The normalized spacial score (nSPS) is 22.1. The van der Waals surface area contributed by atoms with E-state index in [0.29, 0.717) is 10.6 Å². The Hall–Kier alpha value is -4.27. The molecule has 210 valence electrons. The van der Waals surface area contributed by atoms with Crippen LogP contribution in [0.5, 0.6) is 0 Å². The van der Waals surface area contributed by atoms with Crippen LogP contribution in [-0.2, 0) is 24.0 Å². The molecule has 17 nitrogen and oxygen atoms in total. The average Bonchev–Trinajstić information content (AvgIpc) is 3.54. The molecule has 1 fully saturated rings. The third kappa shape index (κ3) is 4.92. The number of nitrogens with zero attached hydrogens (tertiary/aromatic N) is 5. The molecule has 5 rings (SSSR count). The molecule has 4 amide bonds. The molecule has 4 aliphatic rings. The maximum atomic E-state index is 13.0. The number of carbonyl (C=O) groups excluding carboxylic acids is 3. The number of thioether (sulfide) groups is 2. The highest BCUT2D eigenvalue weighted by Crippen LogP contribution is 2.42. The maximum Gasteiger partial charge on any atom is 0.427 e. The number of aliphatic carboxylic acids is 1. The first-order chi connectivity index (χ1) is 19.1. The van der Waals surface area contributed by atoms with Gasteiger partial charge in [-0.25, -0.2) is 19.6 Å². The van der Waals surface area contributed by atoms with Crippen LogP contribution in [0.3, 0.4) is 0 Å². The Morgan fingerprint density at radius 3 is 2.77 bits per heavy atom. The second kappa shape index (κ2) is 10.7. The predicted octanol–water partition coefficient (Wildman–Crippen LogP) is -0.967. The summed E-state index contributed by atoms with van der Waals surface area (Å²) in [6, 6.07) is -1.02. The summed E-state index contributed by atoms with van der Waals surface area (Å²) in [5.41, 5.74) is 8.37. The molecule has 40 heavy (non-hydrogen) atoms. The minimum Gasteiger partial charge on any atom is -0.477 e. The number of oxime groups is 1. The van der Waals surface area contributed by atoms with Crippen LogP contribution in [0.2, 0.25) is 0 Å². The van der Waals surface area contributed by atoms with Gasteiger partial charge in [0.2, 0.25) is 0 Å². The van der Waals surface area contributed by atoms with E-state index in [1.807, 2.05) is 0 Å². The average molecular weight is 610 g/mol. The van der Waals surface area contributed by atoms with Gasteiger partial charge < -0.3 is 31.4 Å². The molecule has 2 atom stereocenters. The molecular formula is C20H19N9O8S3. The molecule has 0 unspecified atom stereocenters. The number of carboxylic acid groups (broad SMARTS) is 2. The van der Waals surface area contributed by atoms with Gasteiger partial charge in [-0.2, -0.15) is 5.01 Å². The molecule has 4 aliphatic heterocycles. The van der Waals surface area contributed by atoms with E-state index < -0.39 is 41.2 Å². The Balaban J connectivity index is 1.30. The number of amides is 4. The summed E-state index contributed by atoms with van der Waals surface area (Å²) in [4.78, 5) is 71.4. The third-order valence-corrected chi connectivity index (χ3v) is 8.83. The number of nitrogen functional groups attached to an aromatic ring is 1. The van der Waals surface area contributed by atoms with Crippen molar-refractivity contribution in [3.8, 4) is 0 Å². The Kier molecular flexibility index (Phi) is 7.31. The topological polar surface area (TPSA) is 232 Å². The number of hydrazine groups is 2. The zero-order valence-electron chi connectivity index (χ0n) is 20.2. The molecule has 1 saturated heterocycles. The Morgan fingerprint density at radius 2 is 2.12 bits per heavy atom. The molecule has 20 heteroatoms. The van der Waals surface area contributed by atoms with Gasteiger partial charge in [0, 0.05) is 23.0 Å². The number of carboxylic acids is 1. The van der Waals surface area contributed by atoms with Crippen molar-refractivity contribution >= 4 is 75.5 Å². The van der Waals surface area contributed by atoms with Gasteiger partial charge in [0.15, 0.2) is 10.8 Å². The van der Waals surface area contributed by atoms with Crippen LogP contribution in [0.25, 0.3) is 0 Å². The predicted molar refractivity (Wildman–Crippen MR) is 141 cm³/mol. The van der Waals surface area contributed by atoms with Gasteiger partial charge in [-0.3, -0.25) is 19.3 Å². The molecule has 0 bridgehead atoms. The molecule has 0 aromatic carbocycles. The number of carbonyl (C=O) groups is 5. The van der Waals surface area contributed by atoms with Crippen molar-refractivity contribution in [3.63, 3.8) is 0 Å². The van der Waals surface area contributed by atoms with E-state index >= 15 is 0 Å². The summed E-state index contributed by atoms with van der Waals surface area (Å²) in [6.45, 7) is 0. The van der Waals surface area contributed by atoms with Gasteiger partial charge >= 0.3 is 12.1 Å². The molecule has 0 aliphatic carbocycles. The van der Waals surface area contributed by atoms with Gasteiger partial charge in [-0.15, -0.1) is 40.4 Å². The highest BCUT2D eigenvalue weighted by atomic mass is 32.2. The maximum absolute atomic E-state index is 13.0. The summed E-state index contributed by atoms with van der Waals surface area (Å²) >= 11 is 3.43. The largest absolute Gasteiger partial charge is 0.477 e. The quantitative estimate of drug-likeness (QED) is 0.118. The van der Waals surface area contributed by atoms with E-state index in [-0.39, 0.29) is 39.6 Å². The molecule has 0 radical (unpaired) electrons. The van der Waals surface area contributed by atoms with Crippen molar-refractivity contribution < 1.29 is 39.0 Å². The highest BCUT2D eigenvalue weighted by Gasteiger charge is 2.54. The highest BCUT2D eigenvalue weighted by molar-refractivity contribution is 8.03. The Morgan fingerprint density at radius 1 is 1.35 bits per heavy atom. The second-order valence-corrected chi connectivity index (χ2v) is 11.2. The molecule has 7 N–H and O–H groups in total. The SMILES string of the molecule is CO/N=C(\C(=O)N[C@@H]1C(=O)N2C(C(=O)O)=C(CSC3=CC(=O)NC4=CN(C(=O)O)NN43)CS[C@H]12)c1csc(N)n1. The number of hydrogen-bond donors (Lipinski definition) is 6. The van der Waals surface area contributed by atoms with Crippen LogP contribution in [0.1, 0.15) is 5.69 Å². The summed E-state index contributed by atoms with van der Waals surface area (Å²) in [5.74, 6) is -2.71. The van der Waals surface area contributed by atoms with E-state index in [9.17, 15) is 34.2 Å². The Labute approximate surface area is 236 Å². The number of β-lactam (4-membered cyclic amide) rings is 1. The number of nitrogens with two attached hydrogens (primary N) is 1. The molecule has 0 saturated carbocycles. The first-order valence-corrected chi connectivity index (χ1v) is 14.0. The zero-order valence-corrected chi connectivity index (χ0v) is 22.6. The second-order valence-electron chi connectivity index (χ2n) is 8.17. The lowest BCUT2D eigenvalue weighted by atomic mass is 10.0. The summed E-state index contributed by atoms with van der Waals surface area (Å²) in [6.07, 6.45) is 1.10. The van der Waals surface area contributed by atoms with Gasteiger partial charge in [-0.1, -0.05) is 5.16 Å². The van der Waals surface area contributed by atoms with Crippen molar-refractivity contribution in [2.45, 2.75) is 11.4 Å². The first kappa shape index (κ1) is 27.3. The number of nitrogens with one attached hydrogen (secondary N) is 3. The van der Waals surface area contributed by atoms with E-state index in [2.05, 4.69) is 26.3 Å². The lowest BCUT2D eigenvalue weighted by Gasteiger charge is -2.49. The standard InChI is InChI=1S/C20H19N9O8S3/c1-37-25-12(8-6-40-19(21)22-8)15(31)24-13-16(32)28-14(18(33)34)7(5-39-17(13)28)4-38-11-2-10(30)23-9-3-27(20(35)36)26-29(9)11/h2-3,6,13,17,26H,4-5H2,1H3,(H2,21,22)(H,23,30)(H,24,31)(H,33,34)(H,35,36)/b25-12-/t13-,17-/m1/s1. The van der Waals surface area contributed by atoms with Crippen LogP contribution in [0.15, 0.2) is 44.9 Å². The minimum atomic E-state index is -1.33. The fraction of sp³-hybridized carbons (Fsp3) is 0.250. The molecule has 1 aromatic heterocycles.